The molecule has 1 heterocycles. The highest BCUT2D eigenvalue weighted by molar-refractivity contribution is 8.00. The van der Waals surface area contributed by atoms with Crippen molar-refractivity contribution < 1.29 is 19.2 Å². The molecule has 0 unspecified atom stereocenters. The highest BCUT2D eigenvalue weighted by atomic mass is 32.2. The molecule has 0 spiro atoms. The summed E-state index contributed by atoms with van der Waals surface area (Å²) in [6.45, 7) is 0. The SMILES string of the molecule is CSc1sc2ccc(SOOO)cc2[n+]1C. The fraction of sp³-hybridized carbons (Fsp3) is 0.222. The number of hydrogen-bond donors (Lipinski definition) is 1. The van der Waals surface area contributed by atoms with Crippen LogP contribution in [0, 0.1) is 0 Å². The average Bonchev–Trinajstić information content (AvgIpc) is 2.63. The van der Waals surface area contributed by atoms with Crippen LogP contribution in [0.15, 0.2) is 27.4 Å². The number of rotatable bonds is 4. The van der Waals surface area contributed by atoms with Gasteiger partial charge in [-0.25, -0.2) is 5.26 Å². The predicted molar refractivity (Wildman–Crippen MR) is 65.4 cm³/mol. The summed E-state index contributed by atoms with van der Waals surface area (Å²) in [5.41, 5.74) is 1.14. The van der Waals surface area contributed by atoms with Gasteiger partial charge in [-0.2, -0.15) is 4.57 Å². The van der Waals surface area contributed by atoms with Crippen molar-refractivity contribution in [2.24, 2.45) is 7.05 Å². The summed E-state index contributed by atoms with van der Waals surface area (Å²) in [5, 5.41) is 11.7. The van der Waals surface area contributed by atoms with E-state index >= 15 is 0 Å². The second kappa shape index (κ2) is 5.35. The number of nitrogens with zero attached hydrogens (tertiary/aromatic N) is 1. The van der Waals surface area contributed by atoms with Crippen LogP contribution in [0.4, 0.5) is 0 Å². The average molecular weight is 276 g/mol. The smallest absolute Gasteiger partial charge is 0.220 e. The van der Waals surface area contributed by atoms with Gasteiger partial charge in [-0.1, -0.05) is 16.4 Å². The fourth-order valence-electron chi connectivity index (χ4n) is 1.39. The van der Waals surface area contributed by atoms with Crippen LogP contribution in [0.5, 0.6) is 0 Å². The summed E-state index contributed by atoms with van der Waals surface area (Å²) in [7, 11) is 2.03. The Hall–Kier alpha value is -0.310. The number of benzene rings is 1. The van der Waals surface area contributed by atoms with E-state index < -0.39 is 0 Å². The Morgan fingerprint density at radius 2 is 2.25 bits per heavy atom. The van der Waals surface area contributed by atoms with Gasteiger partial charge in [0.25, 0.3) is 4.34 Å². The first kappa shape index (κ1) is 12.2. The molecule has 86 valence electrons. The molecule has 7 heteroatoms. The number of aromatic nitrogens is 1. The summed E-state index contributed by atoms with van der Waals surface area (Å²) in [6.07, 6.45) is 2.06. The molecule has 0 bridgehead atoms. The summed E-state index contributed by atoms with van der Waals surface area (Å²) < 4.78 is 9.01. The van der Waals surface area contributed by atoms with Crippen molar-refractivity contribution in [1.29, 1.82) is 0 Å². The first-order valence-electron chi connectivity index (χ1n) is 4.37. The van der Waals surface area contributed by atoms with Crippen LogP contribution in [0.2, 0.25) is 0 Å². The predicted octanol–water partition coefficient (Wildman–Crippen LogP) is 2.88. The van der Waals surface area contributed by atoms with Crippen LogP contribution in [0.25, 0.3) is 10.2 Å². The molecule has 0 saturated heterocycles. The van der Waals surface area contributed by atoms with E-state index in [0.29, 0.717) is 0 Å². The topological polar surface area (TPSA) is 42.6 Å². The largest absolute Gasteiger partial charge is 0.297 e. The minimum absolute atomic E-state index is 0.877. The monoisotopic (exact) mass is 276 g/mol. The van der Waals surface area contributed by atoms with Gasteiger partial charge < -0.3 is 0 Å². The highest BCUT2D eigenvalue weighted by Crippen LogP contribution is 2.29. The fourth-order valence-corrected chi connectivity index (χ4v) is 3.62. The lowest BCUT2D eigenvalue weighted by Gasteiger charge is -1.95. The highest BCUT2D eigenvalue weighted by Gasteiger charge is 2.16. The van der Waals surface area contributed by atoms with E-state index in [2.05, 4.69) is 20.2 Å². The molecule has 1 aromatic heterocycles. The van der Waals surface area contributed by atoms with Crippen molar-refractivity contribution in [3.63, 3.8) is 0 Å². The molecular weight excluding hydrogens is 266 g/mol. The first-order chi connectivity index (χ1) is 7.76. The lowest BCUT2D eigenvalue weighted by atomic mass is 10.3. The first-order valence-corrected chi connectivity index (χ1v) is 7.16. The lowest BCUT2D eigenvalue weighted by Crippen LogP contribution is -2.27. The third kappa shape index (κ3) is 2.34. The Morgan fingerprint density at radius 3 is 2.94 bits per heavy atom. The van der Waals surface area contributed by atoms with Crippen molar-refractivity contribution in [3.05, 3.63) is 18.2 Å². The molecule has 4 nitrogen and oxygen atoms in total. The summed E-state index contributed by atoms with van der Waals surface area (Å²) in [4.78, 5) is 0.877. The second-order valence-electron chi connectivity index (χ2n) is 2.99. The van der Waals surface area contributed by atoms with Crippen LogP contribution >= 0.6 is 35.1 Å². The van der Waals surface area contributed by atoms with Gasteiger partial charge >= 0.3 is 0 Å². The maximum atomic E-state index is 8.09. The van der Waals surface area contributed by atoms with E-state index in [1.165, 1.54) is 9.04 Å². The molecule has 0 aliphatic carbocycles. The Kier molecular flexibility index (Phi) is 4.06. The molecule has 1 aromatic carbocycles. The van der Waals surface area contributed by atoms with Crippen LogP contribution in [0.3, 0.4) is 0 Å². The maximum Gasteiger partial charge on any atom is 0.297 e. The molecule has 0 aliphatic rings. The van der Waals surface area contributed by atoms with E-state index in [4.69, 9.17) is 5.26 Å². The van der Waals surface area contributed by atoms with E-state index in [1.807, 2.05) is 25.2 Å². The summed E-state index contributed by atoms with van der Waals surface area (Å²) in [5.74, 6) is 0. The van der Waals surface area contributed by atoms with Crippen LogP contribution < -0.4 is 4.57 Å². The lowest BCUT2D eigenvalue weighted by molar-refractivity contribution is -0.676. The Labute approximate surface area is 105 Å². The van der Waals surface area contributed by atoms with Crippen LogP contribution in [-0.2, 0) is 16.4 Å². The Morgan fingerprint density at radius 1 is 1.44 bits per heavy atom. The number of thioether (sulfide) groups is 1. The zero-order valence-electron chi connectivity index (χ0n) is 8.67. The van der Waals surface area contributed by atoms with Crippen molar-refractivity contribution in [2.45, 2.75) is 9.24 Å². The molecule has 0 saturated carbocycles. The quantitative estimate of drug-likeness (QED) is 0.306. The van der Waals surface area contributed by atoms with Gasteiger partial charge in [0, 0.05) is 11.0 Å². The minimum Gasteiger partial charge on any atom is -0.220 e. The van der Waals surface area contributed by atoms with Gasteiger partial charge in [-0.3, -0.25) is 0 Å². The number of hydrogen-bond acceptors (Lipinski definition) is 6. The van der Waals surface area contributed by atoms with Crippen molar-refractivity contribution in [3.8, 4) is 0 Å². The zero-order valence-corrected chi connectivity index (χ0v) is 11.1. The van der Waals surface area contributed by atoms with E-state index in [0.717, 1.165) is 22.5 Å². The van der Waals surface area contributed by atoms with Gasteiger partial charge in [0.05, 0.1) is 12.0 Å². The normalized spacial score (nSPS) is 11.2. The molecule has 0 aliphatic heterocycles. The molecule has 0 amide bonds. The van der Waals surface area contributed by atoms with Crippen LogP contribution in [-0.4, -0.2) is 11.5 Å². The van der Waals surface area contributed by atoms with Crippen molar-refractivity contribution in [2.75, 3.05) is 6.26 Å². The van der Waals surface area contributed by atoms with E-state index in [-0.39, 0.29) is 0 Å². The molecule has 1 N–H and O–H groups in total. The van der Waals surface area contributed by atoms with Gasteiger partial charge in [0.2, 0.25) is 5.52 Å². The van der Waals surface area contributed by atoms with Crippen LogP contribution in [0.1, 0.15) is 0 Å². The Balaban J connectivity index is 2.40. The molecule has 2 rings (SSSR count). The van der Waals surface area contributed by atoms with Gasteiger partial charge in [-0.15, -0.1) is 4.33 Å². The Bertz CT molecular complexity index is 500. The van der Waals surface area contributed by atoms with Crippen molar-refractivity contribution in [1.82, 2.24) is 0 Å². The maximum absolute atomic E-state index is 8.09. The molecule has 0 radical (unpaired) electrons. The van der Waals surface area contributed by atoms with Gasteiger partial charge in [-0.05, 0) is 30.2 Å². The van der Waals surface area contributed by atoms with Gasteiger partial charge in [0.1, 0.15) is 11.7 Å². The third-order valence-corrected chi connectivity index (χ3v) is 5.06. The summed E-state index contributed by atoms with van der Waals surface area (Å²) >= 11 is 4.45. The number of fused-ring (bicyclic) bond motifs is 1. The third-order valence-electron chi connectivity index (χ3n) is 2.10. The van der Waals surface area contributed by atoms with E-state index in [1.54, 1.807) is 23.1 Å². The molecule has 2 aromatic rings. The molecule has 0 atom stereocenters. The summed E-state index contributed by atoms with van der Waals surface area (Å²) in [6, 6.07) is 5.95. The minimum atomic E-state index is 0.877. The standard InChI is InChI=1S/C9H9NO3S3/c1-10-7-5-6(16-13-12-11)3-4-8(7)15-9(10)14-2/h3-5H,1-2H3/p+1. The number of aryl methyl sites for hydroxylation is 1. The second-order valence-corrected chi connectivity index (χ2v) is 5.84. The zero-order chi connectivity index (χ0) is 11.5. The molecular formula is C9H10NO3S3+. The van der Waals surface area contributed by atoms with Crippen molar-refractivity contribution >= 4 is 45.4 Å². The molecule has 0 fully saturated rings. The van der Waals surface area contributed by atoms with E-state index in [9.17, 15) is 0 Å². The number of thiazole rings is 1. The molecule has 16 heavy (non-hydrogen) atoms. The van der Waals surface area contributed by atoms with Gasteiger partial charge in [0.15, 0.2) is 0 Å².